The Morgan fingerprint density at radius 3 is 2.18 bits per heavy atom. The van der Waals surface area contributed by atoms with Crippen molar-refractivity contribution in [2.45, 2.75) is 20.8 Å². The minimum atomic E-state index is 1.16. The lowest BCUT2D eigenvalue weighted by atomic mass is 9.98. The molecule has 0 atom stereocenters. The summed E-state index contributed by atoms with van der Waals surface area (Å²) in [5.41, 5.74) is 9.02. The van der Waals surface area contributed by atoms with Gasteiger partial charge in [0.25, 0.3) is 0 Å². The van der Waals surface area contributed by atoms with Crippen molar-refractivity contribution in [3.05, 3.63) is 103 Å². The van der Waals surface area contributed by atoms with Crippen LogP contribution in [0.3, 0.4) is 0 Å². The third kappa shape index (κ3) is 4.82. The molecule has 5 aromatic rings. The van der Waals surface area contributed by atoms with E-state index in [0.29, 0.717) is 0 Å². The van der Waals surface area contributed by atoms with E-state index in [-0.39, 0.29) is 0 Å². The highest BCUT2D eigenvalue weighted by Gasteiger charge is 2.10. The van der Waals surface area contributed by atoms with Crippen molar-refractivity contribution in [1.82, 2.24) is 0 Å². The van der Waals surface area contributed by atoms with Crippen molar-refractivity contribution < 1.29 is 0 Å². The van der Waals surface area contributed by atoms with Crippen molar-refractivity contribution in [3.63, 3.8) is 0 Å². The predicted molar refractivity (Wildman–Crippen MR) is 147 cm³/mol. The molecule has 5 rings (SSSR count). The SMILES string of the molecule is C=C/C(=C\C)c1ccc(-c2ccc3sc4ccc5ccccc5c4c3c2)cc1.CC.N#CN. The quantitative estimate of drug-likeness (QED) is 0.170. The first-order valence-electron chi connectivity index (χ1n) is 11.0. The van der Waals surface area contributed by atoms with E-state index < -0.39 is 0 Å². The lowest BCUT2D eigenvalue weighted by Crippen LogP contribution is -1.82. The molecule has 0 bridgehead atoms. The number of allylic oxidation sites excluding steroid dienone is 3. The van der Waals surface area contributed by atoms with Crippen LogP contribution in [0.5, 0.6) is 0 Å². The second-order valence-corrected chi connectivity index (χ2v) is 8.21. The Labute approximate surface area is 199 Å². The van der Waals surface area contributed by atoms with Crippen LogP contribution < -0.4 is 5.73 Å². The maximum absolute atomic E-state index is 7.10. The smallest absolute Gasteiger partial charge is 0.173 e. The first-order valence-corrected chi connectivity index (χ1v) is 11.8. The summed E-state index contributed by atoms with van der Waals surface area (Å²) >= 11 is 1.87. The highest BCUT2D eigenvalue weighted by molar-refractivity contribution is 7.26. The predicted octanol–water partition coefficient (Wildman–Crippen LogP) is 8.92. The Hall–Kier alpha value is -3.87. The monoisotopic (exact) mass is 448 g/mol. The summed E-state index contributed by atoms with van der Waals surface area (Å²) in [5, 5.41) is 12.5. The van der Waals surface area contributed by atoms with E-state index >= 15 is 0 Å². The van der Waals surface area contributed by atoms with E-state index in [1.807, 2.05) is 38.2 Å². The third-order valence-corrected chi connectivity index (χ3v) is 6.58. The first-order chi connectivity index (χ1) is 16.2. The van der Waals surface area contributed by atoms with Crippen LogP contribution in [0.1, 0.15) is 26.3 Å². The molecule has 0 saturated heterocycles. The Kier molecular flexibility index (Phi) is 8.02. The summed E-state index contributed by atoms with van der Waals surface area (Å²) in [5.74, 6) is 0. The molecule has 2 N–H and O–H groups in total. The highest BCUT2D eigenvalue weighted by atomic mass is 32.1. The minimum absolute atomic E-state index is 1.16. The molecule has 0 fully saturated rings. The number of hydrogen-bond acceptors (Lipinski definition) is 3. The second kappa shape index (κ2) is 11.1. The van der Waals surface area contributed by atoms with Gasteiger partial charge in [0.15, 0.2) is 6.19 Å². The normalized spacial score (nSPS) is 10.7. The molecule has 33 heavy (non-hydrogen) atoms. The fraction of sp³-hybridized carbons (Fsp3) is 0.100. The number of nitrogens with two attached hydrogens (primary N) is 1. The average Bonchev–Trinajstić information content (AvgIpc) is 3.25. The summed E-state index contributed by atoms with van der Waals surface area (Å²) in [6.45, 7) is 9.95. The minimum Gasteiger partial charge on any atom is -0.337 e. The number of nitriles is 1. The molecule has 0 amide bonds. The molecular weight excluding hydrogens is 420 g/mol. The van der Waals surface area contributed by atoms with Gasteiger partial charge >= 0.3 is 0 Å². The van der Waals surface area contributed by atoms with E-state index in [9.17, 15) is 0 Å². The Balaban J connectivity index is 0.000000569. The number of thiophene rings is 1. The van der Waals surface area contributed by atoms with Crippen LogP contribution in [0.2, 0.25) is 0 Å². The van der Waals surface area contributed by atoms with Crippen LogP contribution in [0.15, 0.2) is 97.6 Å². The molecule has 0 aliphatic heterocycles. The summed E-state index contributed by atoms with van der Waals surface area (Å²) < 4.78 is 2.69. The van der Waals surface area contributed by atoms with Gasteiger partial charge in [0.1, 0.15) is 0 Å². The van der Waals surface area contributed by atoms with Gasteiger partial charge in [-0.05, 0) is 58.2 Å². The summed E-state index contributed by atoms with van der Waals surface area (Å²) in [6, 6.07) is 28.8. The Bertz CT molecular complexity index is 1470. The zero-order valence-corrected chi connectivity index (χ0v) is 20.1. The summed E-state index contributed by atoms with van der Waals surface area (Å²) in [6.07, 6.45) is 5.25. The van der Waals surface area contributed by atoms with Crippen molar-refractivity contribution >= 4 is 47.9 Å². The van der Waals surface area contributed by atoms with Gasteiger partial charge in [0, 0.05) is 20.2 Å². The topological polar surface area (TPSA) is 49.8 Å². The summed E-state index contributed by atoms with van der Waals surface area (Å²) in [7, 11) is 0. The molecule has 2 nitrogen and oxygen atoms in total. The molecule has 4 aromatic carbocycles. The van der Waals surface area contributed by atoms with Crippen molar-refractivity contribution in [1.29, 1.82) is 5.26 Å². The van der Waals surface area contributed by atoms with Gasteiger partial charge in [-0.3, -0.25) is 0 Å². The van der Waals surface area contributed by atoms with E-state index in [0.717, 1.165) is 5.57 Å². The van der Waals surface area contributed by atoms with Gasteiger partial charge in [-0.15, -0.1) is 11.3 Å². The fourth-order valence-corrected chi connectivity index (χ4v) is 5.09. The number of fused-ring (bicyclic) bond motifs is 5. The number of rotatable bonds is 3. The standard InChI is InChI=1S/C27H20S.C2H6.CH2N2/c1-3-18(4-2)19-9-11-20(12-10-19)22-14-15-25-24(17-22)27-23-8-6-5-7-21(23)13-16-26(27)28-25;1-2;2-1-3/h3-17H,1H2,2H3;1-2H3;2H2/b18-4+;;. The van der Waals surface area contributed by atoms with Crippen LogP contribution in [0.25, 0.3) is 47.6 Å². The molecule has 3 heteroatoms. The Morgan fingerprint density at radius 1 is 0.879 bits per heavy atom. The largest absolute Gasteiger partial charge is 0.337 e. The van der Waals surface area contributed by atoms with Gasteiger partial charge in [-0.1, -0.05) is 93.2 Å². The van der Waals surface area contributed by atoms with Crippen LogP contribution in [-0.4, -0.2) is 0 Å². The van der Waals surface area contributed by atoms with Gasteiger partial charge in [0.05, 0.1) is 0 Å². The van der Waals surface area contributed by atoms with Crippen molar-refractivity contribution in [3.8, 4) is 17.3 Å². The van der Waals surface area contributed by atoms with E-state index in [1.54, 1.807) is 0 Å². The van der Waals surface area contributed by atoms with Crippen LogP contribution in [-0.2, 0) is 0 Å². The van der Waals surface area contributed by atoms with Crippen molar-refractivity contribution in [2.24, 2.45) is 5.73 Å². The molecule has 1 aromatic heterocycles. The van der Waals surface area contributed by atoms with Crippen LogP contribution in [0, 0.1) is 11.5 Å². The molecule has 0 saturated carbocycles. The zero-order chi connectivity index (χ0) is 23.8. The average molecular weight is 449 g/mol. The molecule has 0 aliphatic carbocycles. The molecule has 0 unspecified atom stereocenters. The Morgan fingerprint density at radius 2 is 1.52 bits per heavy atom. The first kappa shape index (κ1) is 23.8. The summed E-state index contributed by atoms with van der Waals surface area (Å²) in [4.78, 5) is 0. The van der Waals surface area contributed by atoms with E-state index in [4.69, 9.17) is 5.26 Å². The van der Waals surface area contributed by atoms with Gasteiger partial charge in [0.2, 0.25) is 0 Å². The van der Waals surface area contributed by atoms with Crippen LogP contribution in [0.4, 0.5) is 0 Å². The fourth-order valence-electron chi connectivity index (χ4n) is 3.98. The van der Waals surface area contributed by atoms with Crippen molar-refractivity contribution in [2.75, 3.05) is 0 Å². The lowest BCUT2D eigenvalue weighted by Gasteiger charge is -2.06. The molecular formula is C30H28N2S. The van der Waals surface area contributed by atoms with Crippen LogP contribution >= 0.6 is 11.3 Å². The maximum atomic E-state index is 7.10. The highest BCUT2D eigenvalue weighted by Crippen LogP contribution is 2.40. The molecule has 164 valence electrons. The molecule has 0 radical (unpaired) electrons. The van der Waals surface area contributed by atoms with Gasteiger partial charge < -0.3 is 5.73 Å². The lowest BCUT2D eigenvalue weighted by molar-refractivity contribution is 1.45. The zero-order valence-electron chi connectivity index (χ0n) is 19.3. The third-order valence-electron chi connectivity index (χ3n) is 5.44. The number of hydrogen-bond donors (Lipinski definition) is 1. The van der Waals surface area contributed by atoms with Gasteiger partial charge in [-0.25, -0.2) is 0 Å². The number of benzene rings is 4. The molecule has 0 aliphatic rings. The van der Waals surface area contributed by atoms with E-state index in [2.05, 4.69) is 97.3 Å². The second-order valence-electron chi connectivity index (χ2n) is 7.13. The molecule has 0 spiro atoms. The maximum Gasteiger partial charge on any atom is 0.173 e. The van der Waals surface area contributed by atoms with Gasteiger partial charge in [-0.2, -0.15) is 5.26 Å². The molecule has 1 heterocycles. The van der Waals surface area contributed by atoms with E-state index in [1.165, 1.54) is 53.8 Å². The number of nitrogens with zero attached hydrogens (tertiary/aromatic N) is 1.